The average Bonchev–Trinajstić information content (AvgIpc) is 3.68. The summed E-state index contributed by atoms with van der Waals surface area (Å²) in [7, 11) is 0. The third-order valence-corrected chi connectivity index (χ3v) is 11.9. The van der Waals surface area contributed by atoms with Gasteiger partial charge in [-0.05, 0) is 68.7 Å². The number of imidazole rings is 1. The van der Waals surface area contributed by atoms with Crippen LogP contribution in [0.25, 0.3) is 15.9 Å². The fraction of sp³-hybridized carbons (Fsp3) is 0.367. The highest BCUT2D eigenvalue weighted by Crippen LogP contribution is 2.53. The molecule has 206 valence electrons. The molecule has 4 aromatic heterocycles. The van der Waals surface area contributed by atoms with E-state index in [9.17, 15) is 4.55 Å². The number of pyridine rings is 1. The molecule has 0 unspecified atom stereocenters. The first kappa shape index (κ1) is 26.3. The SMILES string of the molecule is CC(C)(C)[S@@+]([O-])N[C@@H]1c2ccccc2CC12CCN(c1ncc(Sc3ccnc4ccsc34)c3nccn13)CC2. The van der Waals surface area contributed by atoms with E-state index in [1.807, 2.05) is 45.6 Å². The summed E-state index contributed by atoms with van der Waals surface area (Å²) in [5.74, 6) is 0.931. The van der Waals surface area contributed by atoms with Crippen molar-refractivity contribution >= 4 is 56.3 Å². The molecule has 1 aliphatic carbocycles. The summed E-state index contributed by atoms with van der Waals surface area (Å²) in [6, 6.07) is 12.9. The van der Waals surface area contributed by atoms with Gasteiger partial charge in [0.1, 0.15) is 4.75 Å². The van der Waals surface area contributed by atoms with Gasteiger partial charge in [-0.25, -0.2) is 9.97 Å². The van der Waals surface area contributed by atoms with Gasteiger partial charge in [-0.3, -0.25) is 9.38 Å². The summed E-state index contributed by atoms with van der Waals surface area (Å²) in [6.07, 6.45) is 10.7. The Kier molecular flexibility index (Phi) is 6.59. The van der Waals surface area contributed by atoms with E-state index in [2.05, 4.69) is 60.8 Å². The Hall–Kier alpha value is -2.63. The van der Waals surface area contributed by atoms with E-state index < -0.39 is 11.4 Å². The Labute approximate surface area is 245 Å². The second-order valence-corrected chi connectivity index (χ2v) is 15.7. The zero-order valence-electron chi connectivity index (χ0n) is 22.8. The van der Waals surface area contributed by atoms with Gasteiger partial charge in [0.2, 0.25) is 5.95 Å². The molecule has 10 heteroatoms. The lowest BCUT2D eigenvalue weighted by Gasteiger charge is -2.44. The van der Waals surface area contributed by atoms with E-state index in [-0.39, 0.29) is 16.2 Å². The number of benzene rings is 1. The van der Waals surface area contributed by atoms with Crippen molar-refractivity contribution in [2.45, 2.75) is 60.6 Å². The zero-order chi connectivity index (χ0) is 27.5. The first-order valence-corrected chi connectivity index (χ1v) is 16.5. The fourth-order valence-corrected chi connectivity index (χ4v) is 9.00. The maximum Gasteiger partial charge on any atom is 0.211 e. The van der Waals surface area contributed by atoms with Crippen molar-refractivity contribution in [1.82, 2.24) is 24.1 Å². The minimum absolute atomic E-state index is 0.0400. The van der Waals surface area contributed by atoms with Gasteiger partial charge in [0.05, 0.1) is 21.2 Å². The molecule has 2 atom stereocenters. The van der Waals surface area contributed by atoms with Crippen molar-refractivity contribution < 1.29 is 4.55 Å². The van der Waals surface area contributed by atoms with Crippen LogP contribution in [0.5, 0.6) is 0 Å². The number of hydrogen-bond acceptors (Lipinski definition) is 8. The molecule has 1 aromatic carbocycles. The molecular weight excluding hydrogens is 557 g/mol. The van der Waals surface area contributed by atoms with Crippen LogP contribution < -0.4 is 9.62 Å². The molecule has 1 aliphatic heterocycles. The van der Waals surface area contributed by atoms with Gasteiger partial charge in [0.25, 0.3) is 0 Å². The maximum atomic E-state index is 13.2. The number of fused-ring (bicyclic) bond motifs is 3. The molecule has 40 heavy (non-hydrogen) atoms. The summed E-state index contributed by atoms with van der Waals surface area (Å²) in [5, 5.41) is 2.08. The van der Waals surface area contributed by atoms with Crippen LogP contribution in [0, 0.1) is 5.41 Å². The highest BCUT2D eigenvalue weighted by atomic mass is 32.2. The molecule has 5 heterocycles. The summed E-state index contributed by atoms with van der Waals surface area (Å²) in [5.41, 5.74) is 4.67. The molecule has 2 aliphatic rings. The van der Waals surface area contributed by atoms with Crippen LogP contribution in [0.1, 0.15) is 50.8 Å². The lowest BCUT2D eigenvalue weighted by atomic mass is 9.73. The van der Waals surface area contributed by atoms with Crippen LogP contribution >= 0.6 is 23.1 Å². The Morgan fingerprint density at radius 1 is 1.05 bits per heavy atom. The smallest absolute Gasteiger partial charge is 0.211 e. The van der Waals surface area contributed by atoms with Crippen molar-refractivity contribution in [3.8, 4) is 0 Å². The number of nitrogens with one attached hydrogen (secondary N) is 1. The molecule has 1 saturated heterocycles. The zero-order valence-corrected chi connectivity index (χ0v) is 25.3. The summed E-state index contributed by atoms with van der Waals surface area (Å²) < 4.78 is 19.8. The molecular formula is C30H32N6OS3. The standard InChI is InChI=1S/C30H32N6OS3/c1-29(2,3)40(37)34-26-21-7-5-4-6-20(21)18-30(26)10-14-35(15-11-30)28-33-19-24(27-32-13-16-36(27)28)39-23-8-12-31-22-9-17-38-25(22)23/h4-9,12-13,16-17,19,26,34H,10-11,14-15,18H2,1-3H3/t26-,40-/m1/s1. The third kappa shape index (κ3) is 4.50. The van der Waals surface area contributed by atoms with Crippen LogP contribution in [0.3, 0.4) is 0 Å². The molecule has 7 nitrogen and oxygen atoms in total. The topological polar surface area (TPSA) is 81.4 Å². The van der Waals surface area contributed by atoms with Crippen LogP contribution in [-0.2, 0) is 17.8 Å². The van der Waals surface area contributed by atoms with E-state index >= 15 is 0 Å². The van der Waals surface area contributed by atoms with Crippen LogP contribution in [0.2, 0.25) is 0 Å². The van der Waals surface area contributed by atoms with Gasteiger partial charge in [-0.15, -0.1) is 16.1 Å². The number of thiophene rings is 1. The van der Waals surface area contributed by atoms with E-state index in [0.717, 1.165) is 54.4 Å². The highest BCUT2D eigenvalue weighted by Gasteiger charge is 2.50. The molecule has 0 radical (unpaired) electrons. The first-order valence-electron chi connectivity index (χ1n) is 13.7. The molecule has 0 bridgehead atoms. The number of piperidine rings is 1. The van der Waals surface area contributed by atoms with E-state index in [1.165, 1.54) is 20.7 Å². The first-order chi connectivity index (χ1) is 19.3. The van der Waals surface area contributed by atoms with Gasteiger partial charge in [-0.1, -0.05) is 36.0 Å². The van der Waals surface area contributed by atoms with Crippen LogP contribution in [0.15, 0.2) is 76.4 Å². The lowest BCUT2D eigenvalue weighted by molar-refractivity contribution is 0.175. The maximum absolute atomic E-state index is 13.2. The van der Waals surface area contributed by atoms with Crippen LogP contribution in [0.4, 0.5) is 5.95 Å². The normalized spacial score (nSPS) is 19.5. The second kappa shape index (κ2) is 10.0. The Balaban J connectivity index is 1.15. The summed E-state index contributed by atoms with van der Waals surface area (Å²) in [6.45, 7) is 7.89. The van der Waals surface area contributed by atoms with E-state index in [1.54, 1.807) is 23.1 Å². The van der Waals surface area contributed by atoms with Crippen molar-refractivity contribution in [3.05, 3.63) is 77.7 Å². The average molecular weight is 589 g/mol. The predicted octanol–water partition coefficient (Wildman–Crippen LogP) is 6.43. The van der Waals surface area contributed by atoms with Crippen molar-refractivity contribution in [2.75, 3.05) is 18.0 Å². The third-order valence-electron chi connectivity index (χ3n) is 8.25. The summed E-state index contributed by atoms with van der Waals surface area (Å²) >= 11 is 2.27. The molecule has 1 fully saturated rings. The molecule has 1 spiro atoms. The predicted molar refractivity (Wildman–Crippen MR) is 165 cm³/mol. The van der Waals surface area contributed by atoms with Crippen molar-refractivity contribution in [2.24, 2.45) is 5.41 Å². The largest absolute Gasteiger partial charge is 0.598 e. The number of anilines is 1. The van der Waals surface area contributed by atoms with Gasteiger partial charge in [0, 0.05) is 59.5 Å². The number of hydrogen-bond donors (Lipinski definition) is 1. The molecule has 1 N–H and O–H groups in total. The molecule has 0 saturated carbocycles. The summed E-state index contributed by atoms with van der Waals surface area (Å²) in [4.78, 5) is 18.8. The highest BCUT2D eigenvalue weighted by molar-refractivity contribution is 8.00. The molecule has 0 amide bonds. The quantitative estimate of drug-likeness (QED) is 0.237. The second-order valence-electron chi connectivity index (χ2n) is 11.7. The number of rotatable bonds is 5. The van der Waals surface area contributed by atoms with Crippen molar-refractivity contribution in [3.63, 3.8) is 0 Å². The van der Waals surface area contributed by atoms with Crippen molar-refractivity contribution in [1.29, 1.82) is 0 Å². The molecule has 7 rings (SSSR count). The minimum atomic E-state index is -1.14. The molecule has 5 aromatic rings. The monoisotopic (exact) mass is 588 g/mol. The van der Waals surface area contributed by atoms with E-state index in [0.29, 0.717) is 0 Å². The van der Waals surface area contributed by atoms with Gasteiger partial charge < -0.3 is 9.45 Å². The van der Waals surface area contributed by atoms with Gasteiger partial charge >= 0.3 is 0 Å². The fourth-order valence-electron chi connectivity index (χ4n) is 6.12. The van der Waals surface area contributed by atoms with Gasteiger partial charge in [-0.2, -0.15) is 0 Å². The van der Waals surface area contributed by atoms with Crippen LogP contribution in [-0.4, -0.2) is 41.7 Å². The Morgan fingerprint density at radius 2 is 1.88 bits per heavy atom. The van der Waals surface area contributed by atoms with Gasteiger partial charge in [0.15, 0.2) is 5.65 Å². The lowest BCUT2D eigenvalue weighted by Crippen LogP contribution is -2.50. The Morgan fingerprint density at radius 3 is 2.70 bits per heavy atom. The number of aromatic nitrogens is 4. The number of nitrogens with zero attached hydrogens (tertiary/aromatic N) is 5. The van der Waals surface area contributed by atoms with E-state index in [4.69, 9.17) is 9.97 Å². The minimum Gasteiger partial charge on any atom is -0.598 e. The Bertz CT molecular complexity index is 1680.